The highest BCUT2D eigenvalue weighted by Gasteiger charge is 2.18. The monoisotopic (exact) mass is 331 g/mol. The number of ether oxygens (including phenoxy) is 2. The molecule has 0 aliphatic rings. The summed E-state index contributed by atoms with van der Waals surface area (Å²) in [6.07, 6.45) is 3.31. The predicted molar refractivity (Wildman–Crippen MR) is 93.1 cm³/mol. The summed E-state index contributed by atoms with van der Waals surface area (Å²) in [4.78, 5) is 23.6. The van der Waals surface area contributed by atoms with Gasteiger partial charge in [0.25, 0.3) is 0 Å². The van der Waals surface area contributed by atoms with Gasteiger partial charge in [-0.2, -0.15) is 0 Å². The van der Waals surface area contributed by atoms with E-state index in [1.54, 1.807) is 13.1 Å². The molecule has 0 radical (unpaired) electrons. The van der Waals surface area contributed by atoms with Gasteiger partial charge in [0.2, 0.25) is 0 Å². The second-order valence-corrected chi connectivity index (χ2v) is 6.72. The minimum absolute atomic E-state index is 0.158. The molecule has 0 spiro atoms. The molecule has 0 bridgehead atoms. The Bertz CT molecular complexity index is 725. The van der Waals surface area contributed by atoms with E-state index in [0.29, 0.717) is 13.0 Å². The first-order valence-electron chi connectivity index (χ1n) is 8.29. The van der Waals surface area contributed by atoms with Crippen LogP contribution >= 0.6 is 0 Å². The normalized spacial score (nSPS) is 11.5. The SMILES string of the molecule is CCOC(=O)CCCc1ccc2c(ccn2C(=O)OC(C)(C)C)c1. The lowest BCUT2D eigenvalue weighted by Crippen LogP contribution is -2.26. The van der Waals surface area contributed by atoms with Crippen molar-refractivity contribution < 1.29 is 19.1 Å². The molecular weight excluding hydrogens is 306 g/mol. The summed E-state index contributed by atoms with van der Waals surface area (Å²) in [6, 6.07) is 7.84. The predicted octanol–water partition coefficient (Wildman–Crippen LogP) is 4.31. The molecule has 0 aliphatic heterocycles. The van der Waals surface area contributed by atoms with Gasteiger partial charge < -0.3 is 9.47 Å². The van der Waals surface area contributed by atoms with Crippen LogP contribution in [0.3, 0.4) is 0 Å². The van der Waals surface area contributed by atoms with Crippen molar-refractivity contribution in [3.63, 3.8) is 0 Å². The minimum atomic E-state index is -0.527. The molecule has 1 heterocycles. The first-order valence-corrected chi connectivity index (χ1v) is 8.29. The molecule has 2 rings (SSSR count). The molecule has 2 aromatic rings. The number of aryl methyl sites for hydroxylation is 1. The lowest BCUT2D eigenvalue weighted by Gasteiger charge is -2.19. The van der Waals surface area contributed by atoms with E-state index >= 15 is 0 Å². The van der Waals surface area contributed by atoms with Gasteiger partial charge in [-0.1, -0.05) is 6.07 Å². The van der Waals surface area contributed by atoms with Crippen molar-refractivity contribution in [2.75, 3.05) is 6.61 Å². The van der Waals surface area contributed by atoms with Gasteiger partial charge in [0, 0.05) is 18.0 Å². The third-order valence-electron chi connectivity index (χ3n) is 3.50. The number of hydrogen-bond donors (Lipinski definition) is 0. The molecule has 0 N–H and O–H groups in total. The highest BCUT2D eigenvalue weighted by molar-refractivity contribution is 5.89. The Balaban J connectivity index is 2.05. The van der Waals surface area contributed by atoms with Crippen LogP contribution < -0.4 is 0 Å². The quantitative estimate of drug-likeness (QED) is 0.766. The Morgan fingerprint density at radius 2 is 1.92 bits per heavy atom. The lowest BCUT2D eigenvalue weighted by molar-refractivity contribution is -0.143. The maximum absolute atomic E-state index is 12.2. The highest BCUT2D eigenvalue weighted by atomic mass is 16.6. The van der Waals surface area contributed by atoms with Crippen molar-refractivity contribution in [3.05, 3.63) is 36.0 Å². The molecule has 24 heavy (non-hydrogen) atoms. The van der Waals surface area contributed by atoms with Crippen molar-refractivity contribution in [3.8, 4) is 0 Å². The Kier molecular flexibility index (Phi) is 5.65. The first kappa shape index (κ1) is 18.0. The average Bonchev–Trinajstić information content (AvgIpc) is 2.89. The van der Waals surface area contributed by atoms with E-state index in [9.17, 15) is 9.59 Å². The summed E-state index contributed by atoms with van der Waals surface area (Å²) in [5.41, 5.74) is 1.42. The maximum atomic E-state index is 12.2. The third-order valence-corrected chi connectivity index (χ3v) is 3.50. The summed E-state index contributed by atoms with van der Waals surface area (Å²) >= 11 is 0. The third kappa shape index (κ3) is 4.85. The van der Waals surface area contributed by atoms with Crippen LogP contribution in [0.2, 0.25) is 0 Å². The van der Waals surface area contributed by atoms with Gasteiger partial charge in [-0.05, 0) is 64.3 Å². The van der Waals surface area contributed by atoms with Crippen molar-refractivity contribution >= 4 is 23.0 Å². The zero-order chi connectivity index (χ0) is 17.7. The van der Waals surface area contributed by atoms with Crippen LogP contribution in [0, 0.1) is 0 Å². The van der Waals surface area contributed by atoms with Gasteiger partial charge >= 0.3 is 12.1 Å². The molecule has 0 saturated carbocycles. The first-order chi connectivity index (χ1) is 11.3. The Morgan fingerprint density at radius 3 is 2.58 bits per heavy atom. The molecule has 1 aromatic heterocycles. The van der Waals surface area contributed by atoms with Crippen LogP contribution in [-0.2, 0) is 20.7 Å². The second-order valence-electron chi connectivity index (χ2n) is 6.72. The molecule has 0 saturated heterocycles. The number of hydrogen-bond acceptors (Lipinski definition) is 4. The van der Waals surface area contributed by atoms with Gasteiger partial charge in [0.15, 0.2) is 0 Å². The van der Waals surface area contributed by atoms with Crippen molar-refractivity contribution in [2.45, 2.75) is 52.6 Å². The van der Waals surface area contributed by atoms with E-state index < -0.39 is 5.60 Å². The van der Waals surface area contributed by atoms with Crippen LogP contribution in [0.4, 0.5) is 4.79 Å². The Morgan fingerprint density at radius 1 is 1.17 bits per heavy atom. The molecule has 5 heteroatoms. The smallest absolute Gasteiger partial charge is 0.418 e. The summed E-state index contributed by atoms with van der Waals surface area (Å²) < 4.78 is 11.8. The maximum Gasteiger partial charge on any atom is 0.418 e. The zero-order valence-electron chi connectivity index (χ0n) is 14.8. The summed E-state index contributed by atoms with van der Waals surface area (Å²) in [6.45, 7) is 7.76. The fourth-order valence-corrected chi connectivity index (χ4v) is 2.49. The zero-order valence-corrected chi connectivity index (χ0v) is 14.8. The van der Waals surface area contributed by atoms with Crippen LogP contribution in [0.25, 0.3) is 10.9 Å². The summed E-state index contributed by atoms with van der Waals surface area (Å²) in [5.74, 6) is -0.158. The molecule has 1 aromatic carbocycles. The largest absolute Gasteiger partial charge is 0.466 e. The fourth-order valence-electron chi connectivity index (χ4n) is 2.49. The van der Waals surface area contributed by atoms with Gasteiger partial charge in [0.05, 0.1) is 12.1 Å². The molecule has 130 valence electrons. The summed E-state index contributed by atoms with van der Waals surface area (Å²) in [5, 5.41) is 0.981. The van der Waals surface area contributed by atoms with Gasteiger partial charge in [0.1, 0.15) is 5.60 Å². The lowest BCUT2D eigenvalue weighted by atomic mass is 10.1. The topological polar surface area (TPSA) is 57.5 Å². The molecular formula is C19H25NO4. The number of esters is 1. The number of benzene rings is 1. The number of fused-ring (bicyclic) bond motifs is 1. The van der Waals surface area contributed by atoms with Crippen LogP contribution in [-0.4, -0.2) is 28.8 Å². The van der Waals surface area contributed by atoms with Crippen LogP contribution in [0.15, 0.2) is 30.5 Å². The van der Waals surface area contributed by atoms with Crippen molar-refractivity contribution in [2.24, 2.45) is 0 Å². The number of nitrogens with zero attached hydrogens (tertiary/aromatic N) is 1. The number of aromatic nitrogens is 1. The van der Waals surface area contributed by atoms with Crippen LogP contribution in [0.1, 0.15) is 46.1 Å². The minimum Gasteiger partial charge on any atom is -0.466 e. The molecule has 0 amide bonds. The van der Waals surface area contributed by atoms with Gasteiger partial charge in [-0.15, -0.1) is 0 Å². The fraction of sp³-hybridized carbons (Fsp3) is 0.474. The van der Waals surface area contributed by atoms with E-state index in [1.165, 1.54) is 4.57 Å². The highest BCUT2D eigenvalue weighted by Crippen LogP contribution is 2.20. The van der Waals surface area contributed by atoms with Crippen molar-refractivity contribution in [1.29, 1.82) is 0 Å². The number of carbonyl (C=O) groups excluding carboxylic acids is 2. The number of rotatable bonds is 5. The van der Waals surface area contributed by atoms with E-state index in [4.69, 9.17) is 9.47 Å². The van der Waals surface area contributed by atoms with Crippen molar-refractivity contribution in [1.82, 2.24) is 4.57 Å². The van der Waals surface area contributed by atoms with Crippen LogP contribution in [0.5, 0.6) is 0 Å². The van der Waals surface area contributed by atoms with E-state index in [2.05, 4.69) is 0 Å². The molecule has 0 unspecified atom stereocenters. The average molecular weight is 331 g/mol. The van der Waals surface area contributed by atoms with E-state index in [0.717, 1.165) is 29.3 Å². The Labute approximate surface area is 142 Å². The molecule has 0 aliphatic carbocycles. The molecule has 5 nitrogen and oxygen atoms in total. The second kappa shape index (κ2) is 7.51. The molecule has 0 atom stereocenters. The number of carbonyl (C=O) groups is 2. The standard InChI is InChI=1S/C19H25NO4/c1-5-23-17(21)8-6-7-14-9-10-16-15(13-14)11-12-20(16)18(22)24-19(2,3)4/h9-13H,5-8H2,1-4H3. The Hall–Kier alpha value is -2.30. The summed E-state index contributed by atoms with van der Waals surface area (Å²) in [7, 11) is 0. The van der Waals surface area contributed by atoms with E-state index in [-0.39, 0.29) is 12.1 Å². The van der Waals surface area contributed by atoms with E-state index in [1.807, 2.05) is 45.0 Å². The molecule has 0 fully saturated rings. The van der Waals surface area contributed by atoms with Gasteiger partial charge in [-0.3, -0.25) is 9.36 Å². The van der Waals surface area contributed by atoms with Gasteiger partial charge in [-0.25, -0.2) is 4.79 Å².